The van der Waals surface area contributed by atoms with Crippen molar-refractivity contribution in [1.29, 1.82) is 0 Å². The second-order valence-electron chi connectivity index (χ2n) is 4.26. The fourth-order valence-corrected chi connectivity index (χ4v) is 2.47. The van der Waals surface area contributed by atoms with Crippen molar-refractivity contribution in [2.75, 3.05) is 24.5 Å². The van der Waals surface area contributed by atoms with Gasteiger partial charge in [-0.2, -0.15) is 0 Å². The summed E-state index contributed by atoms with van der Waals surface area (Å²) in [5, 5.41) is 4.19. The number of hydrogen-bond acceptors (Lipinski definition) is 2. The fourth-order valence-electron chi connectivity index (χ4n) is 2.14. The first-order valence-electron chi connectivity index (χ1n) is 6.05. The van der Waals surface area contributed by atoms with Gasteiger partial charge in [-0.15, -0.1) is 0 Å². The van der Waals surface area contributed by atoms with Crippen molar-refractivity contribution in [2.24, 2.45) is 0 Å². The molecule has 1 aliphatic heterocycles. The number of hydrogen-bond donors (Lipinski definition) is 1. The lowest BCUT2D eigenvalue weighted by molar-refractivity contribution is 0.727. The predicted octanol–water partition coefficient (Wildman–Crippen LogP) is 3.05. The zero-order valence-corrected chi connectivity index (χ0v) is 10.6. The minimum Gasteiger partial charge on any atom is -0.370 e. The Morgan fingerprint density at radius 2 is 2.06 bits per heavy atom. The molecule has 0 amide bonds. The summed E-state index contributed by atoms with van der Waals surface area (Å²) >= 11 is 6.32. The molecule has 0 aliphatic carbocycles. The first-order valence-corrected chi connectivity index (χ1v) is 6.43. The molecule has 1 aliphatic rings. The standard InChI is InChI=1S/C13H19ClN2/c1-2-15-10-11-5-6-13(12(14)9-11)16-7-3-4-8-16/h5-6,9,15H,2-4,7-8,10H2,1H3. The summed E-state index contributed by atoms with van der Waals surface area (Å²) in [6.07, 6.45) is 2.57. The maximum absolute atomic E-state index is 6.32. The van der Waals surface area contributed by atoms with Crippen LogP contribution in [0.2, 0.25) is 5.02 Å². The largest absolute Gasteiger partial charge is 0.370 e. The Labute approximate surface area is 103 Å². The van der Waals surface area contributed by atoms with E-state index in [-0.39, 0.29) is 0 Å². The van der Waals surface area contributed by atoms with Gasteiger partial charge in [0.05, 0.1) is 10.7 Å². The summed E-state index contributed by atoms with van der Waals surface area (Å²) in [5.41, 5.74) is 2.45. The molecule has 0 bridgehead atoms. The van der Waals surface area contributed by atoms with Crippen LogP contribution >= 0.6 is 11.6 Å². The van der Waals surface area contributed by atoms with Crippen LogP contribution in [0.15, 0.2) is 18.2 Å². The highest BCUT2D eigenvalue weighted by Crippen LogP contribution is 2.29. The molecule has 0 radical (unpaired) electrons. The number of nitrogens with zero attached hydrogens (tertiary/aromatic N) is 1. The average Bonchev–Trinajstić information content (AvgIpc) is 2.80. The molecular weight excluding hydrogens is 220 g/mol. The van der Waals surface area contributed by atoms with E-state index in [9.17, 15) is 0 Å². The van der Waals surface area contributed by atoms with Crippen LogP contribution in [-0.4, -0.2) is 19.6 Å². The minimum absolute atomic E-state index is 0.886. The van der Waals surface area contributed by atoms with Gasteiger partial charge in [-0.1, -0.05) is 24.6 Å². The average molecular weight is 239 g/mol. The van der Waals surface area contributed by atoms with E-state index in [4.69, 9.17) is 11.6 Å². The Balaban J connectivity index is 2.09. The number of halogens is 1. The van der Waals surface area contributed by atoms with Crippen LogP contribution < -0.4 is 10.2 Å². The zero-order chi connectivity index (χ0) is 11.4. The van der Waals surface area contributed by atoms with Crippen LogP contribution in [0.4, 0.5) is 5.69 Å². The van der Waals surface area contributed by atoms with E-state index >= 15 is 0 Å². The molecule has 16 heavy (non-hydrogen) atoms. The molecule has 2 rings (SSSR count). The first-order chi connectivity index (χ1) is 7.81. The Bertz CT molecular complexity index is 346. The molecule has 1 N–H and O–H groups in total. The van der Waals surface area contributed by atoms with Crippen molar-refractivity contribution in [2.45, 2.75) is 26.3 Å². The maximum atomic E-state index is 6.32. The summed E-state index contributed by atoms with van der Waals surface area (Å²) in [6.45, 7) is 6.29. The minimum atomic E-state index is 0.886. The topological polar surface area (TPSA) is 15.3 Å². The van der Waals surface area contributed by atoms with Crippen molar-refractivity contribution < 1.29 is 0 Å². The molecule has 1 heterocycles. The molecule has 0 atom stereocenters. The lowest BCUT2D eigenvalue weighted by atomic mass is 10.2. The molecule has 88 valence electrons. The Hall–Kier alpha value is -0.730. The molecule has 2 nitrogen and oxygen atoms in total. The fraction of sp³-hybridized carbons (Fsp3) is 0.538. The smallest absolute Gasteiger partial charge is 0.0642 e. The summed E-state index contributed by atoms with van der Waals surface area (Å²) < 4.78 is 0. The summed E-state index contributed by atoms with van der Waals surface area (Å²) in [6, 6.07) is 6.40. The van der Waals surface area contributed by atoms with Crippen molar-refractivity contribution in [3.63, 3.8) is 0 Å². The van der Waals surface area contributed by atoms with Crippen molar-refractivity contribution >= 4 is 17.3 Å². The molecule has 1 saturated heterocycles. The molecule has 1 aromatic carbocycles. The van der Waals surface area contributed by atoms with Crippen LogP contribution in [0.25, 0.3) is 0 Å². The molecule has 0 unspecified atom stereocenters. The van der Waals surface area contributed by atoms with Gasteiger partial charge in [-0.05, 0) is 37.1 Å². The first kappa shape index (κ1) is 11.7. The van der Waals surface area contributed by atoms with Gasteiger partial charge in [0.2, 0.25) is 0 Å². The van der Waals surface area contributed by atoms with Crippen molar-refractivity contribution in [3.05, 3.63) is 28.8 Å². The monoisotopic (exact) mass is 238 g/mol. The van der Waals surface area contributed by atoms with Crippen molar-refractivity contribution in [3.8, 4) is 0 Å². The van der Waals surface area contributed by atoms with Crippen LogP contribution in [0, 0.1) is 0 Å². The van der Waals surface area contributed by atoms with Gasteiger partial charge >= 0.3 is 0 Å². The number of benzene rings is 1. The van der Waals surface area contributed by atoms with Crippen LogP contribution in [0.5, 0.6) is 0 Å². The van der Waals surface area contributed by atoms with Gasteiger partial charge in [-0.25, -0.2) is 0 Å². The lowest BCUT2D eigenvalue weighted by Crippen LogP contribution is -2.18. The molecule has 0 aromatic heterocycles. The van der Waals surface area contributed by atoms with Gasteiger partial charge in [0, 0.05) is 19.6 Å². The van der Waals surface area contributed by atoms with E-state index in [1.807, 2.05) is 0 Å². The number of nitrogens with one attached hydrogen (secondary N) is 1. The highest BCUT2D eigenvalue weighted by Gasteiger charge is 2.14. The third-order valence-electron chi connectivity index (χ3n) is 3.04. The van der Waals surface area contributed by atoms with E-state index in [2.05, 4.69) is 35.3 Å². The quantitative estimate of drug-likeness (QED) is 0.868. The van der Waals surface area contributed by atoms with E-state index in [0.29, 0.717) is 0 Å². The molecule has 1 aromatic rings. The summed E-state index contributed by atoms with van der Waals surface area (Å²) in [5.74, 6) is 0. The van der Waals surface area contributed by atoms with E-state index in [1.54, 1.807) is 0 Å². The van der Waals surface area contributed by atoms with E-state index in [1.165, 1.54) is 24.1 Å². The molecule has 0 saturated carbocycles. The highest BCUT2D eigenvalue weighted by molar-refractivity contribution is 6.33. The van der Waals surface area contributed by atoms with Crippen molar-refractivity contribution in [1.82, 2.24) is 5.32 Å². The Kier molecular flexibility index (Phi) is 4.08. The summed E-state index contributed by atoms with van der Waals surface area (Å²) in [7, 11) is 0. The number of rotatable bonds is 4. The van der Waals surface area contributed by atoms with E-state index < -0.39 is 0 Å². The Morgan fingerprint density at radius 3 is 2.69 bits per heavy atom. The van der Waals surface area contributed by atoms with Gasteiger partial charge < -0.3 is 10.2 Å². The Morgan fingerprint density at radius 1 is 1.31 bits per heavy atom. The molecule has 0 spiro atoms. The van der Waals surface area contributed by atoms with Gasteiger partial charge in [-0.3, -0.25) is 0 Å². The molecular formula is C13H19ClN2. The second-order valence-corrected chi connectivity index (χ2v) is 4.67. The van der Waals surface area contributed by atoms with Crippen LogP contribution in [-0.2, 0) is 6.54 Å². The molecule has 1 fully saturated rings. The predicted molar refractivity (Wildman–Crippen MR) is 70.3 cm³/mol. The third kappa shape index (κ3) is 2.69. The third-order valence-corrected chi connectivity index (χ3v) is 3.34. The van der Waals surface area contributed by atoms with Gasteiger partial charge in [0.1, 0.15) is 0 Å². The van der Waals surface area contributed by atoms with Crippen LogP contribution in [0.1, 0.15) is 25.3 Å². The van der Waals surface area contributed by atoms with Gasteiger partial charge in [0.15, 0.2) is 0 Å². The lowest BCUT2D eigenvalue weighted by Gasteiger charge is -2.19. The molecule has 3 heteroatoms. The van der Waals surface area contributed by atoms with Crippen LogP contribution in [0.3, 0.4) is 0 Å². The van der Waals surface area contributed by atoms with E-state index in [0.717, 1.165) is 31.2 Å². The maximum Gasteiger partial charge on any atom is 0.0642 e. The van der Waals surface area contributed by atoms with Gasteiger partial charge in [0.25, 0.3) is 0 Å². The normalized spacial score (nSPS) is 15.8. The SMILES string of the molecule is CCNCc1ccc(N2CCCC2)c(Cl)c1. The second kappa shape index (κ2) is 5.55. The highest BCUT2D eigenvalue weighted by atomic mass is 35.5. The number of anilines is 1. The zero-order valence-electron chi connectivity index (χ0n) is 9.80. The summed E-state index contributed by atoms with van der Waals surface area (Å²) in [4.78, 5) is 2.37.